The highest BCUT2D eigenvalue weighted by Crippen LogP contribution is 2.26. The van der Waals surface area contributed by atoms with Crippen LogP contribution in [0.4, 0.5) is 5.69 Å². The first-order valence-corrected chi connectivity index (χ1v) is 10.3. The molecule has 3 rings (SSSR count). The number of carbonyl (C=O) groups excluding carboxylic acids is 3. The predicted molar refractivity (Wildman–Crippen MR) is 120 cm³/mol. The van der Waals surface area contributed by atoms with Gasteiger partial charge in [0.05, 0.1) is 5.69 Å². The van der Waals surface area contributed by atoms with Gasteiger partial charge in [-0.1, -0.05) is 53.7 Å². The number of halogens is 1. The zero-order valence-corrected chi connectivity index (χ0v) is 17.9. The molecule has 1 heterocycles. The normalized spacial score (nSPS) is 16.8. The molecule has 9 heteroatoms. The maximum Gasteiger partial charge on any atom is 0.240 e. The number of nitrogens with one attached hydrogen (secondary N) is 2. The lowest BCUT2D eigenvalue weighted by molar-refractivity contribution is -0.122. The van der Waals surface area contributed by atoms with Crippen LogP contribution >= 0.6 is 23.4 Å². The number of hydrogen-bond acceptors (Lipinski definition) is 6. The molecule has 30 heavy (non-hydrogen) atoms. The van der Waals surface area contributed by atoms with Crippen molar-refractivity contribution in [2.24, 2.45) is 10.2 Å². The summed E-state index contributed by atoms with van der Waals surface area (Å²) in [6, 6.07) is 13.4. The summed E-state index contributed by atoms with van der Waals surface area (Å²) in [4.78, 5) is 37.5. The predicted octanol–water partition coefficient (Wildman–Crippen LogP) is 3.88. The van der Waals surface area contributed by atoms with Gasteiger partial charge in [-0.25, -0.2) is 0 Å². The van der Waals surface area contributed by atoms with Gasteiger partial charge < -0.3 is 10.6 Å². The van der Waals surface area contributed by atoms with Crippen molar-refractivity contribution in [1.29, 1.82) is 0 Å². The Hall–Kier alpha value is -2.97. The average molecular weight is 443 g/mol. The second-order valence-electron chi connectivity index (χ2n) is 6.69. The standard InChI is InChI=1S/C21H19ClN4O3S/c1-12(2)25-26-21-24-20(29)17(30-21)11-18(27)23-16-9-8-14(22)10-15(16)19(28)13-6-4-3-5-7-13/h3-10,17H,11H2,1-2H3,(H,23,27)(H,24,26,29). The summed E-state index contributed by atoms with van der Waals surface area (Å²) in [6.07, 6.45) is -0.0774. The summed E-state index contributed by atoms with van der Waals surface area (Å²) in [5.74, 6) is -0.971. The molecule has 0 aliphatic carbocycles. The van der Waals surface area contributed by atoms with Crippen LogP contribution in [0.25, 0.3) is 0 Å². The van der Waals surface area contributed by atoms with Crippen LogP contribution in [0.5, 0.6) is 0 Å². The second kappa shape index (κ2) is 9.69. The lowest BCUT2D eigenvalue weighted by Crippen LogP contribution is -2.28. The third-order valence-electron chi connectivity index (χ3n) is 4.02. The van der Waals surface area contributed by atoms with Gasteiger partial charge in [-0.15, -0.1) is 5.10 Å². The van der Waals surface area contributed by atoms with E-state index in [1.165, 1.54) is 6.07 Å². The van der Waals surface area contributed by atoms with E-state index in [1.807, 2.05) is 6.07 Å². The molecule has 1 aliphatic heterocycles. The smallest absolute Gasteiger partial charge is 0.240 e. The number of amidine groups is 1. The molecule has 2 aromatic rings. The van der Waals surface area contributed by atoms with E-state index in [-0.39, 0.29) is 23.7 Å². The summed E-state index contributed by atoms with van der Waals surface area (Å²) in [6.45, 7) is 3.58. The Bertz CT molecular complexity index is 1050. The molecule has 1 aliphatic rings. The molecular formula is C21H19ClN4O3S. The molecule has 2 N–H and O–H groups in total. The zero-order chi connectivity index (χ0) is 21.7. The summed E-state index contributed by atoms with van der Waals surface area (Å²) < 4.78 is 0. The van der Waals surface area contributed by atoms with Crippen molar-refractivity contribution < 1.29 is 14.4 Å². The molecule has 2 amide bonds. The Kier molecular flexibility index (Phi) is 7.02. The Balaban J connectivity index is 1.73. The van der Waals surface area contributed by atoms with Gasteiger partial charge in [0.25, 0.3) is 0 Å². The molecule has 2 aromatic carbocycles. The fraction of sp³-hybridized carbons (Fsp3) is 0.190. The monoisotopic (exact) mass is 442 g/mol. The maximum atomic E-state index is 12.9. The van der Waals surface area contributed by atoms with Crippen LogP contribution in [-0.4, -0.2) is 33.7 Å². The number of rotatable bonds is 6. The minimum Gasteiger partial charge on any atom is -0.325 e. The first kappa shape index (κ1) is 21.7. The van der Waals surface area contributed by atoms with Crippen LogP contribution < -0.4 is 10.6 Å². The highest BCUT2D eigenvalue weighted by molar-refractivity contribution is 8.15. The van der Waals surface area contributed by atoms with Gasteiger partial charge in [0.2, 0.25) is 11.8 Å². The van der Waals surface area contributed by atoms with Crippen molar-refractivity contribution in [2.45, 2.75) is 25.5 Å². The number of thioether (sulfide) groups is 1. The Morgan fingerprint density at radius 1 is 1.17 bits per heavy atom. The summed E-state index contributed by atoms with van der Waals surface area (Å²) in [7, 11) is 0. The number of hydrogen-bond donors (Lipinski definition) is 2. The molecule has 0 saturated carbocycles. The fourth-order valence-corrected chi connectivity index (χ4v) is 3.75. The lowest BCUT2D eigenvalue weighted by atomic mass is 10.0. The van der Waals surface area contributed by atoms with E-state index in [0.29, 0.717) is 21.4 Å². The molecule has 7 nitrogen and oxygen atoms in total. The van der Waals surface area contributed by atoms with E-state index in [1.54, 1.807) is 50.2 Å². The number of carbonyl (C=O) groups is 3. The molecule has 0 spiro atoms. The molecule has 154 valence electrons. The topological polar surface area (TPSA) is 100.0 Å². The van der Waals surface area contributed by atoms with E-state index in [4.69, 9.17) is 11.6 Å². The van der Waals surface area contributed by atoms with Gasteiger partial charge in [0.15, 0.2) is 11.0 Å². The second-order valence-corrected chi connectivity index (χ2v) is 8.31. The number of amides is 2. The molecule has 0 bridgehead atoms. The molecule has 1 unspecified atom stereocenters. The molecule has 1 atom stereocenters. The third kappa shape index (κ3) is 5.55. The van der Waals surface area contributed by atoms with Gasteiger partial charge in [-0.05, 0) is 32.0 Å². The Labute approximate surface area is 183 Å². The van der Waals surface area contributed by atoms with E-state index in [2.05, 4.69) is 20.8 Å². The zero-order valence-electron chi connectivity index (χ0n) is 16.3. The minimum absolute atomic E-state index is 0.0774. The van der Waals surface area contributed by atoms with Crippen molar-refractivity contribution in [3.05, 3.63) is 64.7 Å². The molecule has 0 aromatic heterocycles. The molecule has 1 fully saturated rings. The van der Waals surface area contributed by atoms with Gasteiger partial charge >= 0.3 is 0 Å². The van der Waals surface area contributed by atoms with Gasteiger partial charge in [0, 0.05) is 28.3 Å². The van der Waals surface area contributed by atoms with Gasteiger partial charge in [0.1, 0.15) is 5.25 Å². The molecular weight excluding hydrogens is 424 g/mol. The van der Waals surface area contributed by atoms with Crippen LogP contribution in [0.2, 0.25) is 5.02 Å². The van der Waals surface area contributed by atoms with E-state index >= 15 is 0 Å². The summed E-state index contributed by atoms with van der Waals surface area (Å²) in [5.41, 5.74) is 1.84. The van der Waals surface area contributed by atoms with E-state index in [9.17, 15) is 14.4 Å². The Morgan fingerprint density at radius 3 is 2.60 bits per heavy atom. The van der Waals surface area contributed by atoms with Gasteiger partial charge in [-0.3, -0.25) is 14.4 Å². The molecule has 1 saturated heterocycles. The number of ketones is 1. The number of benzene rings is 2. The Morgan fingerprint density at radius 2 is 1.90 bits per heavy atom. The largest absolute Gasteiger partial charge is 0.325 e. The van der Waals surface area contributed by atoms with Crippen molar-refractivity contribution in [3.8, 4) is 0 Å². The van der Waals surface area contributed by atoms with Crippen LogP contribution in [-0.2, 0) is 9.59 Å². The van der Waals surface area contributed by atoms with Crippen LogP contribution in [0, 0.1) is 0 Å². The first-order chi connectivity index (χ1) is 14.3. The number of nitrogens with zero attached hydrogens (tertiary/aromatic N) is 2. The van der Waals surface area contributed by atoms with Crippen LogP contribution in [0.15, 0.2) is 58.7 Å². The SMILES string of the molecule is CC(C)=N/N=C1/NC(=O)C(CC(=O)Nc2ccc(Cl)cc2C(=O)c2ccccc2)S1. The summed E-state index contributed by atoms with van der Waals surface area (Å²) >= 11 is 7.21. The summed E-state index contributed by atoms with van der Waals surface area (Å²) in [5, 5.41) is 13.3. The first-order valence-electron chi connectivity index (χ1n) is 9.09. The van der Waals surface area contributed by atoms with Crippen LogP contribution in [0.3, 0.4) is 0 Å². The average Bonchev–Trinajstić information content (AvgIpc) is 3.07. The lowest BCUT2D eigenvalue weighted by Gasteiger charge is -2.12. The quantitative estimate of drug-likeness (QED) is 0.402. The third-order valence-corrected chi connectivity index (χ3v) is 5.33. The van der Waals surface area contributed by atoms with Gasteiger partial charge in [-0.2, -0.15) is 5.10 Å². The van der Waals surface area contributed by atoms with Crippen molar-refractivity contribution in [2.75, 3.05) is 5.32 Å². The van der Waals surface area contributed by atoms with Crippen molar-refractivity contribution in [1.82, 2.24) is 5.32 Å². The van der Waals surface area contributed by atoms with Crippen molar-refractivity contribution >= 4 is 57.5 Å². The van der Waals surface area contributed by atoms with Crippen molar-refractivity contribution in [3.63, 3.8) is 0 Å². The fourth-order valence-electron chi connectivity index (χ4n) is 2.66. The maximum absolute atomic E-state index is 12.9. The highest BCUT2D eigenvalue weighted by atomic mass is 35.5. The van der Waals surface area contributed by atoms with E-state index in [0.717, 1.165) is 17.5 Å². The highest BCUT2D eigenvalue weighted by Gasteiger charge is 2.32. The number of anilines is 1. The minimum atomic E-state index is -0.628. The van der Waals surface area contributed by atoms with E-state index < -0.39 is 11.2 Å². The molecule has 0 radical (unpaired) electrons. The van der Waals surface area contributed by atoms with Crippen LogP contribution in [0.1, 0.15) is 36.2 Å².